The Hall–Kier alpha value is -1.15. The quantitative estimate of drug-likeness (QED) is 0.622. The average molecular weight is 290 g/mol. The first-order chi connectivity index (χ1) is 9.90. The number of aryl methyl sites for hydroxylation is 1. The van der Waals surface area contributed by atoms with Crippen LogP contribution in [0.2, 0.25) is 0 Å². The van der Waals surface area contributed by atoms with Gasteiger partial charge in [-0.1, -0.05) is 52.0 Å². The Morgan fingerprint density at radius 3 is 2.24 bits per heavy atom. The molecule has 0 fully saturated rings. The van der Waals surface area contributed by atoms with Gasteiger partial charge in [0.25, 0.3) is 0 Å². The van der Waals surface area contributed by atoms with Crippen LogP contribution in [0.1, 0.15) is 58.1 Å². The lowest BCUT2D eigenvalue weighted by Crippen LogP contribution is -2.08. The molecule has 0 spiro atoms. The molecule has 0 aliphatic carbocycles. The molecule has 0 aliphatic rings. The largest absolute Gasteiger partial charge is 0.381 e. The van der Waals surface area contributed by atoms with E-state index >= 15 is 0 Å². The predicted molar refractivity (Wildman–Crippen MR) is 88.7 cm³/mol. The highest BCUT2D eigenvalue weighted by molar-refractivity contribution is 5.80. The van der Waals surface area contributed by atoms with Gasteiger partial charge in [-0.2, -0.15) is 0 Å². The number of benzene rings is 1. The molecule has 0 unspecified atom stereocenters. The molecule has 0 saturated carbocycles. The molecule has 1 aromatic rings. The molecule has 0 atom stereocenters. The minimum absolute atomic E-state index is 0.258. The van der Waals surface area contributed by atoms with E-state index in [0.717, 1.165) is 25.0 Å². The van der Waals surface area contributed by atoms with E-state index in [2.05, 4.69) is 52.0 Å². The van der Waals surface area contributed by atoms with Crippen LogP contribution in [0.25, 0.3) is 0 Å². The number of hydrogen-bond acceptors (Lipinski definition) is 2. The molecular formula is C19H30O2. The van der Waals surface area contributed by atoms with Crippen molar-refractivity contribution in [3.8, 4) is 0 Å². The van der Waals surface area contributed by atoms with Crippen molar-refractivity contribution in [3.63, 3.8) is 0 Å². The second kappa shape index (κ2) is 8.99. The molecule has 1 aromatic carbocycles. The van der Waals surface area contributed by atoms with Crippen LogP contribution in [0, 0.1) is 5.41 Å². The summed E-state index contributed by atoms with van der Waals surface area (Å²) in [7, 11) is 0. The van der Waals surface area contributed by atoms with Crippen LogP contribution in [0.15, 0.2) is 24.3 Å². The van der Waals surface area contributed by atoms with Crippen molar-refractivity contribution >= 4 is 5.78 Å². The Bertz CT molecular complexity index is 412. The van der Waals surface area contributed by atoms with E-state index in [1.807, 2.05) is 0 Å². The van der Waals surface area contributed by atoms with Crippen molar-refractivity contribution in [1.82, 2.24) is 0 Å². The third kappa shape index (κ3) is 8.67. The molecule has 0 bridgehead atoms. The van der Waals surface area contributed by atoms with Crippen LogP contribution >= 0.6 is 0 Å². The van der Waals surface area contributed by atoms with Gasteiger partial charge in [0.05, 0.1) is 6.61 Å². The molecule has 2 heteroatoms. The van der Waals surface area contributed by atoms with Gasteiger partial charge in [0.2, 0.25) is 0 Å². The number of rotatable bonds is 9. The van der Waals surface area contributed by atoms with E-state index in [1.165, 1.54) is 12.0 Å². The minimum atomic E-state index is 0.258. The summed E-state index contributed by atoms with van der Waals surface area (Å²) in [6.45, 7) is 10.2. The summed E-state index contributed by atoms with van der Waals surface area (Å²) in [6.07, 6.45) is 4.33. The van der Waals surface area contributed by atoms with Crippen molar-refractivity contribution in [2.75, 3.05) is 13.2 Å². The standard InChI is InChI=1S/C19H30O2/c1-5-13-21-14-11-18(20)15-17-8-6-16(7-9-17)10-12-19(2,3)4/h6-9H,5,10-15H2,1-4H3. The lowest BCUT2D eigenvalue weighted by molar-refractivity contribution is -0.119. The Balaban J connectivity index is 2.35. The van der Waals surface area contributed by atoms with Gasteiger partial charge in [-0.15, -0.1) is 0 Å². The molecule has 0 amide bonds. The number of carbonyl (C=O) groups is 1. The molecule has 21 heavy (non-hydrogen) atoms. The van der Waals surface area contributed by atoms with Crippen LogP contribution in [0.3, 0.4) is 0 Å². The first kappa shape index (κ1) is 17.9. The number of hydrogen-bond donors (Lipinski definition) is 0. The maximum atomic E-state index is 11.8. The Morgan fingerprint density at radius 1 is 1.05 bits per heavy atom. The second-order valence-electron chi connectivity index (χ2n) is 6.95. The van der Waals surface area contributed by atoms with Crippen LogP contribution in [-0.4, -0.2) is 19.0 Å². The Labute approximate surface area is 129 Å². The zero-order chi connectivity index (χ0) is 15.7. The van der Waals surface area contributed by atoms with Crippen LogP contribution in [0.4, 0.5) is 0 Å². The van der Waals surface area contributed by atoms with Crippen molar-refractivity contribution < 1.29 is 9.53 Å². The zero-order valence-electron chi connectivity index (χ0n) is 14.1. The molecule has 1 rings (SSSR count). The minimum Gasteiger partial charge on any atom is -0.381 e. The Morgan fingerprint density at radius 2 is 1.67 bits per heavy atom. The lowest BCUT2D eigenvalue weighted by Gasteiger charge is -2.17. The number of ketones is 1. The number of carbonyl (C=O) groups excluding carboxylic acids is 1. The normalized spacial score (nSPS) is 11.6. The van der Waals surface area contributed by atoms with Gasteiger partial charge in [-0.05, 0) is 35.8 Å². The van der Waals surface area contributed by atoms with E-state index in [4.69, 9.17) is 4.74 Å². The predicted octanol–water partition coefficient (Wildman–Crippen LogP) is 4.59. The van der Waals surface area contributed by atoms with Gasteiger partial charge < -0.3 is 4.74 Å². The van der Waals surface area contributed by atoms with Crippen molar-refractivity contribution in [2.45, 2.75) is 59.8 Å². The smallest absolute Gasteiger partial charge is 0.139 e. The van der Waals surface area contributed by atoms with E-state index in [9.17, 15) is 4.79 Å². The van der Waals surface area contributed by atoms with Crippen LogP contribution < -0.4 is 0 Å². The van der Waals surface area contributed by atoms with Gasteiger partial charge in [0.15, 0.2) is 0 Å². The maximum Gasteiger partial charge on any atom is 0.139 e. The second-order valence-corrected chi connectivity index (χ2v) is 6.95. The highest BCUT2D eigenvalue weighted by Crippen LogP contribution is 2.21. The van der Waals surface area contributed by atoms with Gasteiger partial charge in [0, 0.05) is 19.4 Å². The SMILES string of the molecule is CCCOCCC(=O)Cc1ccc(CCC(C)(C)C)cc1. The zero-order valence-corrected chi connectivity index (χ0v) is 14.1. The van der Waals surface area contributed by atoms with Crippen molar-refractivity contribution in [3.05, 3.63) is 35.4 Å². The van der Waals surface area contributed by atoms with Gasteiger partial charge in [0.1, 0.15) is 5.78 Å². The highest BCUT2D eigenvalue weighted by atomic mass is 16.5. The molecule has 0 heterocycles. The molecule has 0 aromatic heterocycles. The molecular weight excluding hydrogens is 260 g/mol. The lowest BCUT2D eigenvalue weighted by atomic mass is 9.88. The maximum absolute atomic E-state index is 11.8. The molecule has 0 saturated heterocycles. The summed E-state index contributed by atoms with van der Waals surface area (Å²) in [6, 6.07) is 8.48. The van der Waals surface area contributed by atoms with E-state index in [0.29, 0.717) is 24.9 Å². The molecule has 118 valence electrons. The molecule has 0 N–H and O–H groups in total. The third-order valence-electron chi connectivity index (χ3n) is 3.46. The highest BCUT2D eigenvalue weighted by Gasteiger charge is 2.10. The topological polar surface area (TPSA) is 26.3 Å². The average Bonchev–Trinajstić information content (AvgIpc) is 2.42. The summed E-state index contributed by atoms with van der Waals surface area (Å²) in [5.41, 5.74) is 2.83. The molecule has 0 aliphatic heterocycles. The first-order valence-corrected chi connectivity index (χ1v) is 8.08. The van der Waals surface area contributed by atoms with Crippen LogP contribution in [-0.2, 0) is 22.4 Å². The Kier molecular flexibility index (Phi) is 7.66. The summed E-state index contributed by atoms with van der Waals surface area (Å²) in [4.78, 5) is 11.8. The fraction of sp³-hybridized carbons (Fsp3) is 0.632. The summed E-state index contributed by atoms with van der Waals surface area (Å²) < 4.78 is 5.35. The molecule has 2 nitrogen and oxygen atoms in total. The van der Waals surface area contributed by atoms with Gasteiger partial charge >= 0.3 is 0 Å². The molecule has 0 radical (unpaired) electrons. The number of Topliss-reactive ketones (excluding diaryl/α,β-unsaturated/α-hetero) is 1. The van der Waals surface area contributed by atoms with E-state index in [1.54, 1.807) is 0 Å². The summed E-state index contributed by atoms with van der Waals surface area (Å²) in [5.74, 6) is 0.258. The fourth-order valence-corrected chi connectivity index (χ4v) is 2.09. The summed E-state index contributed by atoms with van der Waals surface area (Å²) in [5, 5.41) is 0. The number of ether oxygens (including phenoxy) is 1. The van der Waals surface area contributed by atoms with E-state index < -0.39 is 0 Å². The van der Waals surface area contributed by atoms with Gasteiger partial charge in [-0.3, -0.25) is 4.79 Å². The van der Waals surface area contributed by atoms with E-state index in [-0.39, 0.29) is 5.78 Å². The first-order valence-electron chi connectivity index (χ1n) is 8.08. The monoisotopic (exact) mass is 290 g/mol. The van der Waals surface area contributed by atoms with Crippen molar-refractivity contribution in [1.29, 1.82) is 0 Å². The van der Waals surface area contributed by atoms with Crippen molar-refractivity contribution in [2.24, 2.45) is 5.41 Å². The van der Waals surface area contributed by atoms with Gasteiger partial charge in [-0.25, -0.2) is 0 Å². The third-order valence-corrected chi connectivity index (χ3v) is 3.46. The fourth-order valence-electron chi connectivity index (χ4n) is 2.09. The summed E-state index contributed by atoms with van der Waals surface area (Å²) >= 11 is 0. The van der Waals surface area contributed by atoms with Crippen LogP contribution in [0.5, 0.6) is 0 Å².